The highest BCUT2D eigenvalue weighted by Gasteiger charge is 2.28. The van der Waals surface area contributed by atoms with Crippen molar-refractivity contribution >= 4 is 45.7 Å². The van der Waals surface area contributed by atoms with E-state index in [1.54, 1.807) is 0 Å². The molecule has 1 aromatic carbocycles. The maximum Gasteiger partial charge on any atom is 0.342 e. The topological polar surface area (TPSA) is 119 Å². The fraction of sp³-hybridized carbons (Fsp3) is 0.278. The van der Waals surface area contributed by atoms with Crippen molar-refractivity contribution in [1.29, 1.82) is 0 Å². The van der Waals surface area contributed by atoms with Gasteiger partial charge in [0.1, 0.15) is 16.3 Å². The van der Waals surface area contributed by atoms with Crippen LogP contribution in [0.15, 0.2) is 18.2 Å². The fourth-order valence-electron chi connectivity index (χ4n) is 2.92. The van der Waals surface area contributed by atoms with Crippen LogP contribution in [0.4, 0.5) is 5.00 Å². The van der Waals surface area contributed by atoms with Crippen molar-refractivity contribution in [3.8, 4) is 5.75 Å². The standard InChI is InChI=1S/C18H17ClN2O5S/c1-8(26-18(25)10-6-5-9(19)7-12(10)22)16(24)21-17-14(15(20)23)11-3-2-4-13(11)27-17/h5-8,22H,2-4H2,1H3,(H2,20,23)(H,21,24)/t8-/m1/s1. The van der Waals surface area contributed by atoms with Crippen LogP contribution < -0.4 is 11.1 Å². The number of thiophene rings is 1. The molecule has 0 aliphatic heterocycles. The molecule has 142 valence electrons. The minimum Gasteiger partial charge on any atom is -0.507 e. The van der Waals surface area contributed by atoms with E-state index in [1.807, 2.05) is 0 Å². The highest BCUT2D eigenvalue weighted by molar-refractivity contribution is 7.17. The SMILES string of the molecule is C[C@@H](OC(=O)c1ccc(Cl)cc1O)C(=O)Nc1sc2c(c1C(N)=O)CCC2. The van der Waals surface area contributed by atoms with Crippen molar-refractivity contribution < 1.29 is 24.2 Å². The molecular formula is C18H17ClN2O5S. The largest absolute Gasteiger partial charge is 0.507 e. The molecule has 4 N–H and O–H groups in total. The molecule has 1 atom stereocenters. The molecule has 2 amide bonds. The summed E-state index contributed by atoms with van der Waals surface area (Å²) in [5, 5.41) is 13.0. The lowest BCUT2D eigenvalue weighted by Crippen LogP contribution is -2.30. The van der Waals surface area contributed by atoms with E-state index in [1.165, 1.54) is 36.5 Å². The zero-order valence-electron chi connectivity index (χ0n) is 14.4. The lowest BCUT2D eigenvalue weighted by atomic mass is 10.1. The van der Waals surface area contributed by atoms with Gasteiger partial charge in [0.25, 0.3) is 11.8 Å². The van der Waals surface area contributed by atoms with E-state index in [2.05, 4.69) is 5.32 Å². The summed E-state index contributed by atoms with van der Waals surface area (Å²) in [7, 11) is 0. The molecule has 0 spiro atoms. The summed E-state index contributed by atoms with van der Waals surface area (Å²) in [5.74, 6) is -2.40. The second kappa shape index (κ2) is 7.58. The second-order valence-corrected chi connectivity index (χ2v) is 7.67. The van der Waals surface area contributed by atoms with Gasteiger partial charge in [-0.1, -0.05) is 11.6 Å². The average Bonchev–Trinajstić information content (AvgIpc) is 3.14. The number of hydrogen-bond acceptors (Lipinski definition) is 6. The summed E-state index contributed by atoms with van der Waals surface area (Å²) in [6.45, 7) is 1.39. The third-order valence-corrected chi connectivity index (χ3v) is 5.68. The van der Waals surface area contributed by atoms with Crippen molar-refractivity contribution in [3.05, 3.63) is 44.8 Å². The van der Waals surface area contributed by atoms with Crippen LogP contribution in [-0.2, 0) is 22.4 Å². The number of carbonyl (C=O) groups is 3. The Labute approximate surface area is 164 Å². The van der Waals surface area contributed by atoms with Gasteiger partial charge in [-0.3, -0.25) is 9.59 Å². The maximum absolute atomic E-state index is 12.4. The molecular weight excluding hydrogens is 392 g/mol. The van der Waals surface area contributed by atoms with Gasteiger partial charge in [0.15, 0.2) is 6.10 Å². The van der Waals surface area contributed by atoms with Crippen LogP contribution in [-0.4, -0.2) is 29.0 Å². The van der Waals surface area contributed by atoms with E-state index in [0.29, 0.717) is 10.6 Å². The predicted octanol–water partition coefficient (Wildman–Crippen LogP) is 2.88. The molecule has 1 aromatic heterocycles. The number of esters is 1. The molecule has 0 saturated heterocycles. The van der Waals surface area contributed by atoms with Crippen LogP contribution in [0.1, 0.15) is 44.5 Å². The fourth-order valence-corrected chi connectivity index (χ4v) is 4.39. The van der Waals surface area contributed by atoms with E-state index in [9.17, 15) is 19.5 Å². The number of hydrogen-bond donors (Lipinski definition) is 3. The number of aryl methyl sites for hydroxylation is 1. The number of phenols is 1. The Morgan fingerprint density at radius 1 is 1.33 bits per heavy atom. The third kappa shape index (κ3) is 3.91. The van der Waals surface area contributed by atoms with Crippen LogP contribution >= 0.6 is 22.9 Å². The minimum absolute atomic E-state index is 0.105. The molecule has 3 rings (SSSR count). The van der Waals surface area contributed by atoms with Crippen LogP contribution in [0, 0.1) is 0 Å². The number of nitrogens with one attached hydrogen (secondary N) is 1. The number of phenolic OH excluding ortho intramolecular Hbond substituents is 1. The highest BCUT2D eigenvalue weighted by Crippen LogP contribution is 2.38. The lowest BCUT2D eigenvalue weighted by Gasteiger charge is -2.14. The number of anilines is 1. The molecule has 0 radical (unpaired) electrons. The number of aromatic hydroxyl groups is 1. The van der Waals surface area contributed by atoms with Gasteiger partial charge in [-0.25, -0.2) is 4.79 Å². The maximum atomic E-state index is 12.4. The molecule has 0 saturated carbocycles. The lowest BCUT2D eigenvalue weighted by molar-refractivity contribution is -0.123. The molecule has 1 aliphatic carbocycles. The van der Waals surface area contributed by atoms with E-state index in [-0.39, 0.29) is 16.3 Å². The molecule has 1 aliphatic rings. The molecule has 0 unspecified atom stereocenters. The van der Waals surface area contributed by atoms with E-state index >= 15 is 0 Å². The Balaban J connectivity index is 1.71. The van der Waals surface area contributed by atoms with Crippen LogP contribution in [0.3, 0.4) is 0 Å². The number of rotatable bonds is 5. The Kier molecular flexibility index (Phi) is 5.38. The molecule has 2 aromatic rings. The van der Waals surface area contributed by atoms with Gasteiger partial charge >= 0.3 is 5.97 Å². The Hall–Kier alpha value is -2.58. The van der Waals surface area contributed by atoms with Gasteiger partial charge < -0.3 is 20.9 Å². The number of benzene rings is 1. The molecule has 27 heavy (non-hydrogen) atoms. The van der Waals surface area contributed by atoms with Crippen molar-refractivity contribution in [3.63, 3.8) is 0 Å². The van der Waals surface area contributed by atoms with E-state index in [4.69, 9.17) is 22.1 Å². The number of amides is 2. The first-order valence-electron chi connectivity index (χ1n) is 8.22. The Bertz CT molecular complexity index is 940. The molecule has 7 nitrogen and oxygen atoms in total. The number of fused-ring (bicyclic) bond motifs is 1. The molecule has 0 fully saturated rings. The van der Waals surface area contributed by atoms with E-state index in [0.717, 1.165) is 29.7 Å². The van der Waals surface area contributed by atoms with Crippen LogP contribution in [0.2, 0.25) is 5.02 Å². The number of nitrogens with two attached hydrogens (primary N) is 1. The predicted molar refractivity (Wildman–Crippen MR) is 101 cm³/mol. The van der Waals surface area contributed by atoms with Gasteiger partial charge in [0, 0.05) is 9.90 Å². The summed E-state index contributed by atoms with van der Waals surface area (Å²) in [5.41, 5.74) is 6.57. The highest BCUT2D eigenvalue weighted by atomic mass is 35.5. The monoisotopic (exact) mass is 408 g/mol. The number of ether oxygens (including phenoxy) is 1. The number of primary amides is 1. The zero-order valence-corrected chi connectivity index (χ0v) is 15.9. The smallest absolute Gasteiger partial charge is 0.342 e. The van der Waals surface area contributed by atoms with Crippen molar-refractivity contribution in [1.82, 2.24) is 0 Å². The Morgan fingerprint density at radius 2 is 2.07 bits per heavy atom. The summed E-state index contributed by atoms with van der Waals surface area (Å²) in [4.78, 5) is 37.4. The van der Waals surface area contributed by atoms with Crippen molar-refractivity contribution in [2.75, 3.05) is 5.32 Å². The zero-order chi connectivity index (χ0) is 19.7. The average molecular weight is 409 g/mol. The molecule has 1 heterocycles. The van der Waals surface area contributed by atoms with Crippen molar-refractivity contribution in [2.45, 2.75) is 32.3 Å². The third-order valence-electron chi connectivity index (χ3n) is 4.24. The first kappa shape index (κ1) is 19.2. The first-order chi connectivity index (χ1) is 12.8. The minimum atomic E-state index is -1.15. The number of carbonyl (C=O) groups excluding carboxylic acids is 3. The van der Waals surface area contributed by atoms with Gasteiger partial charge in [-0.15, -0.1) is 11.3 Å². The van der Waals surface area contributed by atoms with Crippen LogP contribution in [0.5, 0.6) is 5.75 Å². The number of halogens is 1. The summed E-state index contributed by atoms with van der Waals surface area (Å²) in [6.07, 6.45) is 1.40. The normalized spacial score (nSPS) is 13.7. The van der Waals surface area contributed by atoms with E-state index < -0.39 is 23.9 Å². The second-order valence-electron chi connectivity index (χ2n) is 6.12. The van der Waals surface area contributed by atoms with Gasteiger partial charge in [-0.05, 0) is 49.9 Å². The summed E-state index contributed by atoms with van der Waals surface area (Å²) < 4.78 is 5.10. The first-order valence-corrected chi connectivity index (χ1v) is 9.42. The van der Waals surface area contributed by atoms with Crippen LogP contribution in [0.25, 0.3) is 0 Å². The molecule has 0 bridgehead atoms. The van der Waals surface area contributed by atoms with Gasteiger partial charge in [0.2, 0.25) is 0 Å². The van der Waals surface area contributed by atoms with Gasteiger partial charge in [-0.2, -0.15) is 0 Å². The summed E-state index contributed by atoms with van der Waals surface area (Å²) in [6, 6.07) is 3.93. The van der Waals surface area contributed by atoms with Gasteiger partial charge in [0.05, 0.1) is 5.56 Å². The summed E-state index contributed by atoms with van der Waals surface area (Å²) >= 11 is 7.04. The Morgan fingerprint density at radius 3 is 2.74 bits per heavy atom. The molecule has 9 heteroatoms. The van der Waals surface area contributed by atoms with Crippen molar-refractivity contribution in [2.24, 2.45) is 5.73 Å². The quantitative estimate of drug-likeness (QED) is 0.657.